The second-order valence-electron chi connectivity index (χ2n) is 6.97. The molecule has 2 aromatic carbocycles. The maximum Gasteiger partial charge on any atom is 0.250 e. The highest BCUT2D eigenvalue weighted by atomic mass is 16.5. The van der Waals surface area contributed by atoms with Gasteiger partial charge in [0, 0.05) is 30.4 Å². The standard InChI is InChI=1S/C21H23N5O2/c1-12-24-19-15(20(22)27)4-3-5-16(19)21(25-12)26-18-11-23-10-17(18)13-6-8-14(28-2)9-7-13/h3-9,17-18,23H,10-11H2,1-2H3,(H2,22,27)(H,24,25,26). The lowest BCUT2D eigenvalue weighted by molar-refractivity contribution is 0.100. The van der Waals surface area contributed by atoms with E-state index in [-0.39, 0.29) is 12.0 Å². The molecule has 7 heteroatoms. The SMILES string of the molecule is COc1ccc(C2CNCC2Nc2nc(C)nc3c(C(N)=O)cccc23)cc1. The largest absolute Gasteiger partial charge is 0.497 e. The first kappa shape index (κ1) is 18.2. The number of nitrogens with two attached hydrogens (primary N) is 1. The van der Waals surface area contributed by atoms with Gasteiger partial charge in [0.1, 0.15) is 17.4 Å². The summed E-state index contributed by atoms with van der Waals surface area (Å²) in [5.74, 6) is 1.95. The Kier molecular flexibility index (Phi) is 4.83. The average molecular weight is 377 g/mol. The summed E-state index contributed by atoms with van der Waals surface area (Å²) in [7, 11) is 1.67. The number of amides is 1. The number of primary amides is 1. The van der Waals surface area contributed by atoms with Crippen molar-refractivity contribution in [2.75, 3.05) is 25.5 Å². The van der Waals surface area contributed by atoms with Gasteiger partial charge in [-0.3, -0.25) is 4.79 Å². The quantitative estimate of drug-likeness (QED) is 0.630. The second kappa shape index (κ2) is 7.44. The number of hydrogen-bond donors (Lipinski definition) is 3. The van der Waals surface area contributed by atoms with E-state index in [0.717, 1.165) is 30.0 Å². The molecule has 4 N–H and O–H groups in total. The van der Waals surface area contributed by atoms with Crippen LogP contribution in [0.15, 0.2) is 42.5 Å². The maximum atomic E-state index is 11.8. The maximum absolute atomic E-state index is 11.8. The molecule has 7 nitrogen and oxygen atoms in total. The number of carbonyl (C=O) groups is 1. The van der Waals surface area contributed by atoms with Gasteiger partial charge >= 0.3 is 0 Å². The monoisotopic (exact) mass is 377 g/mol. The molecule has 2 unspecified atom stereocenters. The van der Waals surface area contributed by atoms with E-state index in [4.69, 9.17) is 10.5 Å². The molecular formula is C21H23N5O2. The summed E-state index contributed by atoms with van der Waals surface area (Å²) in [6.45, 7) is 3.51. The van der Waals surface area contributed by atoms with Gasteiger partial charge in [0.2, 0.25) is 0 Å². The fraction of sp³-hybridized carbons (Fsp3) is 0.286. The zero-order chi connectivity index (χ0) is 19.7. The Morgan fingerprint density at radius 3 is 2.68 bits per heavy atom. The molecular weight excluding hydrogens is 354 g/mol. The van der Waals surface area contributed by atoms with Crippen LogP contribution in [-0.2, 0) is 0 Å². The number of benzene rings is 2. The zero-order valence-electron chi connectivity index (χ0n) is 15.9. The van der Waals surface area contributed by atoms with E-state index in [1.54, 1.807) is 19.2 Å². The predicted molar refractivity (Wildman–Crippen MR) is 109 cm³/mol. The van der Waals surface area contributed by atoms with Gasteiger partial charge in [-0.1, -0.05) is 18.2 Å². The topological polar surface area (TPSA) is 102 Å². The Morgan fingerprint density at radius 1 is 1.18 bits per heavy atom. The van der Waals surface area contributed by atoms with Crippen LogP contribution in [0.2, 0.25) is 0 Å². The lowest BCUT2D eigenvalue weighted by Gasteiger charge is -2.22. The third kappa shape index (κ3) is 3.36. The van der Waals surface area contributed by atoms with Crippen molar-refractivity contribution in [3.8, 4) is 5.75 Å². The molecule has 0 bridgehead atoms. The number of hydrogen-bond acceptors (Lipinski definition) is 6. The summed E-state index contributed by atoms with van der Waals surface area (Å²) < 4.78 is 5.26. The predicted octanol–water partition coefficient (Wildman–Crippen LogP) is 2.21. The van der Waals surface area contributed by atoms with Crippen molar-refractivity contribution in [2.45, 2.75) is 18.9 Å². The van der Waals surface area contributed by atoms with E-state index in [2.05, 4.69) is 32.7 Å². The van der Waals surface area contributed by atoms with Crippen LogP contribution in [0.5, 0.6) is 5.75 Å². The van der Waals surface area contributed by atoms with Crippen molar-refractivity contribution in [1.29, 1.82) is 0 Å². The van der Waals surface area contributed by atoms with Crippen LogP contribution >= 0.6 is 0 Å². The van der Waals surface area contributed by atoms with Crippen molar-refractivity contribution >= 4 is 22.6 Å². The van der Waals surface area contributed by atoms with Crippen LogP contribution < -0.4 is 21.1 Å². The van der Waals surface area contributed by atoms with Crippen LogP contribution in [0.25, 0.3) is 10.9 Å². The number of anilines is 1. The lowest BCUT2D eigenvalue weighted by Crippen LogP contribution is -2.28. The van der Waals surface area contributed by atoms with Crippen LogP contribution in [0.3, 0.4) is 0 Å². The van der Waals surface area contributed by atoms with E-state index in [9.17, 15) is 4.79 Å². The van der Waals surface area contributed by atoms with Gasteiger partial charge < -0.3 is 21.1 Å². The summed E-state index contributed by atoms with van der Waals surface area (Å²) in [6, 6.07) is 13.7. The minimum absolute atomic E-state index is 0.156. The zero-order valence-corrected chi connectivity index (χ0v) is 15.9. The lowest BCUT2D eigenvalue weighted by atomic mass is 9.94. The molecule has 1 aliphatic heterocycles. The van der Waals surface area contributed by atoms with Gasteiger partial charge in [0.15, 0.2) is 0 Å². The van der Waals surface area contributed by atoms with Crippen LogP contribution in [0, 0.1) is 6.92 Å². The number of ether oxygens (including phenoxy) is 1. The smallest absolute Gasteiger partial charge is 0.250 e. The summed E-state index contributed by atoms with van der Waals surface area (Å²) in [6.07, 6.45) is 0. The van der Waals surface area contributed by atoms with E-state index in [1.165, 1.54) is 5.56 Å². The van der Waals surface area contributed by atoms with E-state index >= 15 is 0 Å². The number of aromatic nitrogens is 2. The van der Waals surface area contributed by atoms with Crippen LogP contribution in [-0.4, -0.2) is 42.1 Å². The normalized spacial score (nSPS) is 18.9. The fourth-order valence-corrected chi connectivity index (χ4v) is 3.78. The van der Waals surface area contributed by atoms with E-state index < -0.39 is 5.91 Å². The van der Waals surface area contributed by atoms with Crippen molar-refractivity contribution < 1.29 is 9.53 Å². The summed E-state index contributed by atoms with van der Waals surface area (Å²) in [4.78, 5) is 20.8. The molecule has 0 aliphatic carbocycles. The molecule has 28 heavy (non-hydrogen) atoms. The number of rotatable bonds is 5. The summed E-state index contributed by atoms with van der Waals surface area (Å²) in [5, 5.41) is 7.82. The first-order valence-electron chi connectivity index (χ1n) is 9.25. The van der Waals surface area contributed by atoms with Crippen LogP contribution in [0.4, 0.5) is 5.82 Å². The highest BCUT2D eigenvalue weighted by Gasteiger charge is 2.29. The van der Waals surface area contributed by atoms with Crippen molar-refractivity contribution in [3.05, 3.63) is 59.4 Å². The summed E-state index contributed by atoms with van der Waals surface area (Å²) >= 11 is 0. The first-order chi connectivity index (χ1) is 13.6. The molecule has 0 radical (unpaired) electrons. The Balaban J connectivity index is 1.68. The average Bonchev–Trinajstić information content (AvgIpc) is 3.15. The first-order valence-corrected chi connectivity index (χ1v) is 9.25. The second-order valence-corrected chi connectivity index (χ2v) is 6.97. The molecule has 3 aromatic rings. The third-order valence-electron chi connectivity index (χ3n) is 5.18. The molecule has 2 atom stereocenters. The highest BCUT2D eigenvalue weighted by molar-refractivity contribution is 6.07. The van der Waals surface area contributed by atoms with E-state index in [1.807, 2.05) is 25.1 Å². The van der Waals surface area contributed by atoms with Gasteiger partial charge in [0.25, 0.3) is 5.91 Å². The Bertz CT molecular complexity index is 1020. The molecule has 1 aliphatic rings. The van der Waals surface area contributed by atoms with Crippen LogP contribution in [0.1, 0.15) is 27.7 Å². The van der Waals surface area contributed by atoms with Crippen molar-refractivity contribution in [1.82, 2.24) is 15.3 Å². The number of carbonyl (C=O) groups excluding carboxylic acids is 1. The van der Waals surface area contributed by atoms with E-state index in [0.29, 0.717) is 16.9 Å². The minimum Gasteiger partial charge on any atom is -0.497 e. The molecule has 144 valence electrons. The third-order valence-corrected chi connectivity index (χ3v) is 5.18. The molecule has 1 amide bonds. The van der Waals surface area contributed by atoms with Gasteiger partial charge in [-0.15, -0.1) is 0 Å². The number of fused-ring (bicyclic) bond motifs is 1. The Labute approximate surface area is 163 Å². The molecule has 4 rings (SSSR count). The number of methoxy groups -OCH3 is 1. The number of aryl methyl sites for hydroxylation is 1. The van der Waals surface area contributed by atoms with Gasteiger partial charge in [-0.2, -0.15) is 0 Å². The van der Waals surface area contributed by atoms with Gasteiger partial charge in [-0.25, -0.2) is 9.97 Å². The molecule has 0 saturated carbocycles. The molecule has 1 saturated heterocycles. The van der Waals surface area contributed by atoms with Gasteiger partial charge in [-0.05, 0) is 36.8 Å². The number of para-hydroxylation sites is 1. The Hall–Kier alpha value is -3.19. The molecule has 0 spiro atoms. The van der Waals surface area contributed by atoms with Gasteiger partial charge in [0.05, 0.1) is 18.2 Å². The van der Waals surface area contributed by atoms with Crippen molar-refractivity contribution in [2.24, 2.45) is 5.73 Å². The Morgan fingerprint density at radius 2 is 1.96 bits per heavy atom. The highest BCUT2D eigenvalue weighted by Crippen LogP contribution is 2.30. The molecule has 1 aromatic heterocycles. The number of nitrogens with zero attached hydrogens (tertiary/aromatic N) is 2. The minimum atomic E-state index is -0.492. The van der Waals surface area contributed by atoms with Crippen molar-refractivity contribution in [3.63, 3.8) is 0 Å². The number of nitrogens with one attached hydrogen (secondary N) is 2. The molecule has 1 fully saturated rings. The molecule has 2 heterocycles. The fourth-order valence-electron chi connectivity index (χ4n) is 3.78. The summed E-state index contributed by atoms with van der Waals surface area (Å²) in [5.41, 5.74) is 7.74.